The van der Waals surface area contributed by atoms with Gasteiger partial charge < -0.3 is 19.0 Å². The van der Waals surface area contributed by atoms with Gasteiger partial charge in [0, 0.05) is 29.2 Å². The van der Waals surface area contributed by atoms with Gasteiger partial charge in [0.15, 0.2) is 5.43 Å². The SMILES string of the molecule is COC(=O)C[C@H](c1c(Cc2ccccc2)[nH][nH]c1=O)c1coc2ccc(OC)cc2c1=O. The van der Waals surface area contributed by atoms with E-state index in [4.69, 9.17) is 13.9 Å². The van der Waals surface area contributed by atoms with Crippen molar-refractivity contribution >= 4 is 16.9 Å². The summed E-state index contributed by atoms with van der Waals surface area (Å²) in [5.74, 6) is -0.912. The topological polar surface area (TPSA) is 114 Å². The molecule has 0 aliphatic rings. The first kappa shape index (κ1) is 21.2. The summed E-state index contributed by atoms with van der Waals surface area (Å²) in [6.45, 7) is 0. The number of aromatic amines is 2. The van der Waals surface area contributed by atoms with Gasteiger partial charge in [0.05, 0.1) is 32.3 Å². The Hall–Kier alpha value is -4.07. The van der Waals surface area contributed by atoms with Gasteiger partial charge in [-0.2, -0.15) is 0 Å². The van der Waals surface area contributed by atoms with Gasteiger partial charge in [0.25, 0.3) is 5.56 Å². The maximum absolute atomic E-state index is 13.4. The van der Waals surface area contributed by atoms with Crippen molar-refractivity contribution in [2.75, 3.05) is 14.2 Å². The molecule has 0 radical (unpaired) electrons. The Morgan fingerprint density at radius 3 is 2.56 bits per heavy atom. The fraction of sp³-hybridized carbons (Fsp3) is 0.208. The summed E-state index contributed by atoms with van der Waals surface area (Å²) >= 11 is 0. The summed E-state index contributed by atoms with van der Waals surface area (Å²) in [5, 5.41) is 5.78. The van der Waals surface area contributed by atoms with Gasteiger partial charge >= 0.3 is 5.97 Å². The van der Waals surface area contributed by atoms with E-state index in [2.05, 4.69) is 10.2 Å². The molecule has 164 valence electrons. The second-order valence-corrected chi connectivity index (χ2v) is 7.35. The molecule has 0 unspecified atom stereocenters. The molecule has 8 nitrogen and oxygen atoms in total. The number of aromatic nitrogens is 2. The lowest BCUT2D eigenvalue weighted by atomic mass is 9.87. The minimum atomic E-state index is -0.858. The van der Waals surface area contributed by atoms with Crippen molar-refractivity contribution in [3.63, 3.8) is 0 Å². The Morgan fingerprint density at radius 2 is 1.84 bits per heavy atom. The van der Waals surface area contributed by atoms with Crippen molar-refractivity contribution < 1.29 is 18.7 Å². The zero-order valence-electron chi connectivity index (χ0n) is 17.6. The van der Waals surface area contributed by atoms with Crippen LogP contribution in [-0.4, -0.2) is 30.4 Å². The van der Waals surface area contributed by atoms with Gasteiger partial charge in [-0.3, -0.25) is 19.5 Å². The summed E-state index contributed by atoms with van der Waals surface area (Å²) < 4.78 is 15.8. The lowest BCUT2D eigenvalue weighted by Gasteiger charge is -2.16. The van der Waals surface area contributed by atoms with Gasteiger partial charge in [-0.1, -0.05) is 30.3 Å². The lowest BCUT2D eigenvalue weighted by Crippen LogP contribution is -2.23. The Kier molecular flexibility index (Phi) is 5.93. The number of methoxy groups -OCH3 is 2. The molecule has 2 heterocycles. The summed E-state index contributed by atoms with van der Waals surface area (Å²) in [7, 11) is 2.77. The molecule has 0 aliphatic carbocycles. The van der Waals surface area contributed by atoms with E-state index in [1.165, 1.54) is 20.5 Å². The first-order valence-corrected chi connectivity index (χ1v) is 10.0. The van der Waals surface area contributed by atoms with Crippen LogP contribution in [0.3, 0.4) is 0 Å². The van der Waals surface area contributed by atoms with E-state index in [9.17, 15) is 14.4 Å². The average molecular weight is 434 g/mol. The number of fused-ring (bicyclic) bond motifs is 1. The highest BCUT2D eigenvalue weighted by molar-refractivity contribution is 5.79. The predicted octanol–water partition coefficient (Wildman–Crippen LogP) is 3.10. The maximum atomic E-state index is 13.4. The zero-order valence-corrected chi connectivity index (χ0v) is 17.6. The molecule has 0 bridgehead atoms. The molecule has 8 heteroatoms. The normalized spacial score (nSPS) is 11.9. The monoisotopic (exact) mass is 434 g/mol. The van der Waals surface area contributed by atoms with E-state index >= 15 is 0 Å². The molecule has 0 saturated heterocycles. The van der Waals surface area contributed by atoms with Crippen LogP contribution in [0.25, 0.3) is 11.0 Å². The number of benzene rings is 2. The first-order valence-electron chi connectivity index (χ1n) is 10.0. The van der Waals surface area contributed by atoms with Crippen LogP contribution in [0.5, 0.6) is 5.75 Å². The minimum absolute atomic E-state index is 0.190. The van der Waals surface area contributed by atoms with E-state index in [1.54, 1.807) is 18.2 Å². The summed E-state index contributed by atoms with van der Waals surface area (Å²) in [6, 6.07) is 14.5. The van der Waals surface area contributed by atoms with Crippen LogP contribution in [0.15, 0.2) is 68.8 Å². The molecular formula is C24H22N2O6. The van der Waals surface area contributed by atoms with Crippen LogP contribution < -0.4 is 15.7 Å². The van der Waals surface area contributed by atoms with Crippen LogP contribution in [0.4, 0.5) is 0 Å². The third kappa shape index (κ3) is 4.07. The van der Waals surface area contributed by atoms with Crippen LogP contribution in [0, 0.1) is 0 Å². The fourth-order valence-corrected chi connectivity index (χ4v) is 3.82. The van der Waals surface area contributed by atoms with Crippen molar-refractivity contribution in [1.82, 2.24) is 10.2 Å². The molecule has 2 aromatic carbocycles. The van der Waals surface area contributed by atoms with Crippen LogP contribution in [0.1, 0.15) is 34.7 Å². The molecular weight excluding hydrogens is 412 g/mol. The molecule has 4 aromatic rings. The molecule has 0 aliphatic heterocycles. The lowest BCUT2D eigenvalue weighted by molar-refractivity contribution is -0.140. The molecule has 4 rings (SSSR count). The zero-order chi connectivity index (χ0) is 22.7. The van der Waals surface area contributed by atoms with Crippen molar-refractivity contribution in [3.05, 3.63) is 97.8 Å². The van der Waals surface area contributed by atoms with Gasteiger partial charge in [-0.15, -0.1) is 0 Å². The van der Waals surface area contributed by atoms with Gasteiger partial charge in [0.1, 0.15) is 11.3 Å². The van der Waals surface area contributed by atoms with Gasteiger partial charge in [-0.25, -0.2) is 0 Å². The second-order valence-electron chi connectivity index (χ2n) is 7.35. The summed E-state index contributed by atoms with van der Waals surface area (Å²) in [6.07, 6.45) is 1.53. The molecule has 0 saturated carbocycles. The predicted molar refractivity (Wildman–Crippen MR) is 118 cm³/mol. The van der Waals surface area contributed by atoms with Gasteiger partial charge in [-0.05, 0) is 23.8 Å². The molecule has 0 amide bonds. The number of ether oxygens (including phenoxy) is 2. The number of carbonyl (C=O) groups is 1. The highest BCUT2D eigenvalue weighted by Gasteiger charge is 2.29. The van der Waals surface area contributed by atoms with Crippen molar-refractivity contribution in [1.29, 1.82) is 0 Å². The Labute approximate surface area is 182 Å². The number of rotatable bonds is 7. The minimum Gasteiger partial charge on any atom is -0.497 e. The number of hydrogen-bond acceptors (Lipinski definition) is 6. The maximum Gasteiger partial charge on any atom is 0.306 e. The number of H-pyrrole nitrogens is 2. The van der Waals surface area contributed by atoms with Crippen molar-refractivity contribution in [2.24, 2.45) is 0 Å². The quantitative estimate of drug-likeness (QED) is 0.432. The molecule has 0 fully saturated rings. The van der Waals surface area contributed by atoms with Crippen molar-refractivity contribution in [3.8, 4) is 5.75 Å². The first-order chi connectivity index (χ1) is 15.5. The highest BCUT2D eigenvalue weighted by atomic mass is 16.5. The number of hydrogen-bond donors (Lipinski definition) is 2. The van der Waals surface area contributed by atoms with E-state index in [0.717, 1.165) is 5.56 Å². The van der Waals surface area contributed by atoms with E-state index in [1.807, 2.05) is 30.3 Å². The molecule has 1 atom stereocenters. The number of nitrogens with one attached hydrogen (secondary N) is 2. The third-order valence-corrected chi connectivity index (χ3v) is 5.45. The van der Waals surface area contributed by atoms with E-state index < -0.39 is 17.4 Å². The van der Waals surface area contributed by atoms with Crippen molar-refractivity contribution in [2.45, 2.75) is 18.8 Å². The summed E-state index contributed by atoms with van der Waals surface area (Å²) in [4.78, 5) is 38.4. The molecule has 0 spiro atoms. The van der Waals surface area contributed by atoms with Crippen LogP contribution in [-0.2, 0) is 16.0 Å². The Bertz CT molecular complexity index is 1370. The molecule has 2 aromatic heterocycles. The number of esters is 1. The second kappa shape index (κ2) is 8.97. The fourth-order valence-electron chi connectivity index (χ4n) is 3.82. The largest absolute Gasteiger partial charge is 0.497 e. The molecule has 2 N–H and O–H groups in total. The number of carbonyl (C=O) groups excluding carboxylic acids is 1. The smallest absolute Gasteiger partial charge is 0.306 e. The van der Waals surface area contributed by atoms with E-state index in [0.29, 0.717) is 34.4 Å². The third-order valence-electron chi connectivity index (χ3n) is 5.45. The van der Waals surface area contributed by atoms with Gasteiger partial charge in [0.2, 0.25) is 0 Å². The Balaban J connectivity index is 1.88. The standard InChI is InChI=1S/C24H22N2O6/c1-30-15-8-9-20-17(11-15)23(28)18(13-32-20)16(12-21(27)31-2)22-19(25-26-24(22)29)10-14-6-4-3-5-7-14/h3-9,11,13,16H,10,12H2,1-2H3,(H2,25,26,29)/t16-/m0/s1. The van der Waals surface area contributed by atoms with Crippen LogP contribution in [0.2, 0.25) is 0 Å². The highest BCUT2D eigenvalue weighted by Crippen LogP contribution is 2.29. The Morgan fingerprint density at radius 1 is 1.06 bits per heavy atom. The average Bonchev–Trinajstić information content (AvgIpc) is 3.18. The van der Waals surface area contributed by atoms with E-state index in [-0.39, 0.29) is 17.4 Å². The van der Waals surface area contributed by atoms with Crippen LogP contribution >= 0.6 is 0 Å². The summed E-state index contributed by atoms with van der Waals surface area (Å²) in [5.41, 5.74) is 1.67. The molecule has 32 heavy (non-hydrogen) atoms.